The van der Waals surface area contributed by atoms with Crippen LogP contribution in [0.1, 0.15) is 12.0 Å². The van der Waals surface area contributed by atoms with Crippen LogP contribution in [-0.2, 0) is 16.0 Å². The van der Waals surface area contributed by atoms with Crippen molar-refractivity contribution in [2.45, 2.75) is 18.9 Å². The van der Waals surface area contributed by atoms with E-state index in [-0.39, 0.29) is 11.9 Å². The minimum atomic E-state index is -0.211. The Labute approximate surface area is 100 Å². The minimum absolute atomic E-state index is 0.211. The highest BCUT2D eigenvalue weighted by Gasteiger charge is 2.24. The van der Waals surface area contributed by atoms with E-state index in [1.54, 1.807) is 11.3 Å². The summed E-state index contributed by atoms with van der Waals surface area (Å²) in [5.74, 6) is 0.234. The zero-order valence-electron chi connectivity index (χ0n) is 9.52. The minimum Gasteiger partial charge on any atom is -0.368 e. The van der Waals surface area contributed by atoms with Crippen LogP contribution in [-0.4, -0.2) is 43.5 Å². The summed E-state index contributed by atoms with van der Waals surface area (Å²) in [6.45, 7) is 2.34. The molecule has 0 aromatic carbocycles. The maximum atomic E-state index is 11.9. The van der Waals surface area contributed by atoms with Crippen LogP contribution in [0.4, 0.5) is 0 Å². The molecule has 0 N–H and O–H groups in total. The summed E-state index contributed by atoms with van der Waals surface area (Å²) in [7, 11) is 2.03. The number of nitrogens with zero attached hydrogens (tertiary/aromatic N) is 1. The largest absolute Gasteiger partial charge is 0.368 e. The van der Waals surface area contributed by atoms with Gasteiger partial charge >= 0.3 is 0 Å². The van der Waals surface area contributed by atoms with Gasteiger partial charge in [-0.2, -0.15) is 11.3 Å². The molecule has 1 atom stereocenters. The smallest absolute Gasteiger partial charge is 0.163 e. The molecule has 88 valence electrons. The zero-order valence-corrected chi connectivity index (χ0v) is 10.3. The molecule has 1 saturated heterocycles. The summed E-state index contributed by atoms with van der Waals surface area (Å²) in [5.41, 5.74) is 1.25. The fourth-order valence-electron chi connectivity index (χ4n) is 1.84. The van der Waals surface area contributed by atoms with Crippen molar-refractivity contribution in [3.63, 3.8) is 0 Å². The Morgan fingerprint density at radius 1 is 1.69 bits per heavy atom. The molecule has 2 rings (SSSR count). The Morgan fingerprint density at radius 2 is 2.56 bits per heavy atom. The van der Waals surface area contributed by atoms with Crippen LogP contribution in [0.3, 0.4) is 0 Å². The van der Waals surface area contributed by atoms with Crippen LogP contribution in [0.2, 0.25) is 0 Å². The number of hydrogen-bond donors (Lipinski definition) is 0. The zero-order chi connectivity index (χ0) is 11.4. The van der Waals surface area contributed by atoms with Gasteiger partial charge in [0.2, 0.25) is 0 Å². The first-order valence-electron chi connectivity index (χ1n) is 5.59. The van der Waals surface area contributed by atoms with Gasteiger partial charge < -0.3 is 9.64 Å². The lowest BCUT2D eigenvalue weighted by Crippen LogP contribution is -2.44. The van der Waals surface area contributed by atoms with Gasteiger partial charge in [0, 0.05) is 19.5 Å². The van der Waals surface area contributed by atoms with Crippen LogP contribution in [0.5, 0.6) is 0 Å². The van der Waals surface area contributed by atoms with E-state index in [0.29, 0.717) is 13.0 Å². The molecule has 0 aliphatic carbocycles. The molecule has 1 aliphatic heterocycles. The highest BCUT2D eigenvalue weighted by Crippen LogP contribution is 2.11. The number of rotatable bonds is 4. The molecule has 0 spiro atoms. The first-order valence-corrected chi connectivity index (χ1v) is 6.54. The van der Waals surface area contributed by atoms with Crippen molar-refractivity contribution in [1.82, 2.24) is 4.90 Å². The lowest BCUT2D eigenvalue weighted by molar-refractivity contribution is -0.135. The van der Waals surface area contributed by atoms with Crippen LogP contribution in [0, 0.1) is 0 Å². The van der Waals surface area contributed by atoms with Gasteiger partial charge in [-0.25, -0.2) is 0 Å². The second-order valence-corrected chi connectivity index (χ2v) is 5.00. The van der Waals surface area contributed by atoms with E-state index in [0.717, 1.165) is 19.5 Å². The van der Waals surface area contributed by atoms with Gasteiger partial charge in [-0.05, 0) is 35.9 Å². The summed E-state index contributed by atoms with van der Waals surface area (Å²) in [4.78, 5) is 14.0. The number of likely N-dealkylation sites (N-methyl/N-ethyl adjacent to an activating group) is 1. The number of carbonyl (C=O) groups excluding carboxylic acids is 1. The molecule has 4 heteroatoms. The van der Waals surface area contributed by atoms with E-state index >= 15 is 0 Å². The maximum absolute atomic E-state index is 11.9. The van der Waals surface area contributed by atoms with Crippen LogP contribution in [0.25, 0.3) is 0 Å². The summed E-state index contributed by atoms with van der Waals surface area (Å²) in [6, 6.07) is 2.08. The van der Waals surface area contributed by atoms with Crippen molar-refractivity contribution in [3.8, 4) is 0 Å². The Morgan fingerprint density at radius 3 is 3.25 bits per heavy atom. The van der Waals surface area contributed by atoms with Gasteiger partial charge in [-0.1, -0.05) is 0 Å². The predicted molar refractivity (Wildman–Crippen MR) is 64.9 cm³/mol. The molecule has 2 heterocycles. The van der Waals surface area contributed by atoms with E-state index in [1.165, 1.54) is 5.56 Å². The van der Waals surface area contributed by atoms with Gasteiger partial charge in [0.1, 0.15) is 6.10 Å². The highest BCUT2D eigenvalue weighted by molar-refractivity contribution is 7.07. The number of hydrogen-bond acceptors (Lipinski definition) is 4. The lowest BCUT2D eigenvalue weighted by atomic mass is 10.1. The molecule has 0 bridgehead atoms. The van der Waals surface area contributed by atoms with Crippen molar-refractivity contribution in [2.24, 2.45) is 0 Å². The van der Waals surface area contributed by atoms with Crippen molar-refractivity contribution in [1.29, 1.82) is 0 Å². The molecular weight excluding hydrogens is 222 g/mol. The second kappa shape index (κ2) is 5.57. The Balaban J connectivity index is 1.79. The summed E-state index contributed by atoms with van der Waals surface area (Å²) >= 11 is 1.68. The van der Waals surface area contributed by atoms with E-state index in [9.17, 15) is 4.79 Å². The van der Waals surface area contributed by atoms with Gasteiger partial charge in [0.25, 0.3) is 0 Å². The van der Waals surface area contributed by atoms with Gasteiger partial charge in [0.15, 0.2) is 5.78 Å². The lowest BCUT2D eigenvalue weighted by Gasteiger charge is -2.29. The Kier molecular flexibility index (Phi) is 4.09. The van der Waals surface area contributed by atoms with Crippen LogP contribution < -0.4 is 0 Å². The average Bonchev–Trinajstić information content (AvgIpc) is 2.78. The SMILES string of the molecule is CN1CCOC(C(=O)CCc2ccsc2)C1. The van der Waals surface area contributed by atoms with Gasteiger partial charge in [-0.3, -0.25) is 4.79 Å². The molecule has 16 heavy (non-hydrogen) atoms. The first kappa shape index (κ1) is 11.8. The monoisotopic (exact) mass is 239 g/mol. The van der Waals surface area contributed by atoms with E-state index in [4.69, 9.17) is 4.74 Å². The first-order chi connectivity index (χ1) is 7.75. The second-order valence-electron chi connectivity index (χ2n) is 4.22. The number of morpholine rings is 1. The van der Waals surface area contributed by atoms with Gasteiger partial charge in [-0.15, -0.1) is 0 Å². The number of thiophene rings is 1. The van der Waals surface area contributed by atoms with Crippen LogP contribution >= 0.6 is 11.3 Å². The molecule has 3 nitrogen and oxygen atoms in total. The standard InChI is InChI=1S/C12H17NO2S/c1-13-5-6-15-12(8-13)11(14)3-2-10-4-7-16-9-10/h4,7,9,12H,2-3,5-6,8H2,1H3. The molecule has 1 aromatic heterocycles. The summed E-state index contributed by atoms with van der Waals surface area (Å²) < 4.78 is 5.49. The highest BCUT2D eigenvalue weighted by atomic mass is 32.1. The van der Waals surface area contributed by atoms with Crippen molar-refractivity contribution >= 4 is 17.1 Å². The number of carbonyl (C=O) groups is 1. The number of Topliss-reactive ketones (excluding diaryl/α,β-unsaturated/α-hetero) is 1. The number of ether oxygens (including phenoxy) is 1. The topological polar surface area (TPSA) is 29.5 Å². The number of aryl methyl sites for hydroxylation is 1. The molecule has 1 aliphatic rings. The molecule has 0 radical (unpaired) electrons. The summed E-state index contributed by atoms with van der Waals surface area (Å²) in [5, 5.41) is 4.14. The molecule has 1 fully saturated rings. The normalized spacial score (nSPS) is 22.2. The maximum Gasteiger partial charge on any atom is 0.163 e. The third-order valence-corrected chi connectivity index (χ3v) is 3.60. The average molecular weight is 239 g/mol. The third kappa shape index (κ3) is 3.14. The molecular formula is C12H17NO2S. The molecule has 1 unspecified atom stereocenters. The molecule has 0 saturated carbocycles. The Bertz CT molecular complexity index is 337. The van der Waals surface area contributed by atoms with Crippen LogP contribution in [0.15, 0.2) is 16.8 Å². The fraction of sp³-hybridized carbons (Fsp3) is 0.583. The quantitative estimate of drug-likeness (QED) is 0.799. The van der Waals surface area contributed by atoms with Crippen molar-refractivity contribution in [3.05, 3.63) is 22.4 Å². The van der Waals surface area contributed by atoms with E-state index < -0.39 is 0 Å². The van der Waals surface area contributed by atoms with Gasteiger partial charge in [0.05, 0.1) is 6.61 Å². The predicted octanol–water partition coefficient (Wildman–Crippen LogP) is 1.58. The fourth-order valence-corrected chi connectivity index (χ4v) is 2.54. The molecule has 0 amide bonds. The van der Waals surface area contributed by atoms with E-state index in [2.05, 4.69) is 16.3 Å². The van der Waals surface area contributed by atoms with Crippen molar-refractivity contribution in [2.75, 3.05) is 26.7 Å². The Hall–Kier alpha value is -0.710. The summed E-state index contributed by atoms with van der Waals surface area (Å²) in [6.07, 6.45) is 1.22. The van der Waals surface area contributed by atoms with E-state index in [1.807, 2.05) is 12.4 Å². The third-order valence-electron chi connectivity index (χ3n) is 2.87. The molecule has 1 aromatic rings. The van der Waals surface area contributed by atoms with Crippen molar-refractivity contribution < 1.29 is 9.53 Å². The number of ketones is 1.